The number of hydrogen-bond acceptors (Lipinski definition) is 4. The molecule has 0 fully saturated rings. The molecule has 2 aromatic carbocycles. The largest absolute Gasteiger partial charge is 0.507 e. The Morgan fingerprint density at radius 1 is 1.13 bits per heavy atom. The number of carbonyl (C=O) groups excluding carboxylic acids is 1. The number of aromatic nitrogens is 1. The number of phenolic OH excluding ortho intramolecular Hbond substituents is 1. The summed E-state index contributed by atoms with van der Waals surface area (Å²) in [6.45, 7) is 1.73. The predicted octanol–water partition coefficient (Wildman–Crippen LogP) is 3.09. The lowest BCUT2D eigenvalue weighted by molar-refractivity contribution is 0.0954. The van der Waals surface area contributed by atoms with Crippen molar-refractivity contribution in [2.45, 2.75) is 6.92 Å². The van der Waals surface area contributed by atoms with Gasteiger partial charge in [-0.2, -0.15) is 5.10 Å². The van der Waals surface area contributed by atoms with Gasteiger partial charge in [0.25, 0.3) is 5.91 Å². The van der Waals surface area contributed by atoms with E-state index in [0.29, 0.717) is 16.8 Å². The Hall–Kier alpha value is -3.21. The van der Waals surface area contributed by atoms with E-state index in [1.165, 1.54) is 6.20 Å². The Labute approximate surface area is 133 Å². The van der Waals surface area contributed by atoms with E-state index in [-0.39, 0.29) is 11.7 Å². The lowest BCUT2D eigenvalue weighted by Crippen LogP contribution is -2.19. The van der Waals surface area contributed by atoms with Crippen molar-refractivity contribution in [2.75, 3.05) is 0 Å². The van der Waals surface area contributed by atoms with E-state index in [1.54, 1.807) is 31.3 Å². The number of hydrazone groups is 1. The fourth-order valence-corrected chi connectivity index (χ4v) is 2.30. The van der Waals surface area contributed by atoms with Crippen molar-refractivity contribution in [1.82, 2.24) is 10.4 Å². The van der Waals surface area contributed by atoms with Crippen LogP contribution in [0.4, 0.5) is 0 Å². The summed E-state index contributed by atoms with van der Waals surface area (Å²) in [5, 5.41) is 16.2. The summed E-state index contributed by atoms with van der Waals surface area (Å²) < 4.78 is 0. The molecule has 5 nitrogen and oxygen atoms in total. The molecule has 3 rings (SSSR count). The summed E-state index contributed by atoms with van der Waals surface area (Å²) in [4.78, 5) is 15.8. The number of aromatic hydroxyl groups is 1. The monoisotopic (exact) mass is 305 g/mol. The van der Waals surface area contributed by atoms with Gasteiger partial charge in [-0.15, -0.1) is 0 Å². The zero-order chi connectivity index (χ0) is 16.2. The number of pyridine rings is 1. The maximum absolute atomic E-state index is 12.0. The van der Waals surface area contributed by atoms with Crippen LogP contribution in [-0.4, -0.2) is 21.7 Å². The number of amides is 1. The Balaban J connectivity index is 1.87. The number of hydrogen-bond donors (Lipinski definition) is 2. The van der Waals surface area contributed by atoms with Crippen molar-refractivity contribution >= 4 is 22.4 Å². The smallest absolute Gasteiger partial charge is 0.272 e. The van der Waals surface area contributed by atoms with Gasteiger partial charge in [0.15, 0.2) is 0 Å². The minimum Gasteiger partial charge on any atom is -0.507 e. The molecule has 114 valence electrons. The second-order valence-corrected chi connectivity index (χ2v) is 5.06. The van der Waals surface area contributed by atoms with Gasteiger partial charge in [-0.05, 0) is 30.5 Å². The quantitative estimate of drug-likeness (QED) is 0.577. The van der Waals surface area contributed by atoms with Crippen molar-refractivity contribution in [3.63, 3.8) is 0 Å². The van der Waals surface area contributed by atoms with Crippen LogP contribution in [0, 0.1) is 0 Å². The van der Waals surface area contributed by atoms with Gasteiger partial charge in [-0.25, -0.2) is 5.43 Å². The number of nitrogens with zero attached hydrogens (tertiary/aromatic N) is 2. The van der Waals surface area contributed by atoms with E-state index < -0.39 is 0 Å². The molecule has 1 heterocycles. The molecule has 0 unspecified atom stereocenters. The molecular weight excluding hydrogens is 290 g/mol. The van der Waals surface area contributed by atoms with Crippen molar-refractivity contribution < 1.29 is 9.90 Å². The van der Waals surface area contributed by atoms with Crippen molar-refractivity contribution in [2.24, 2.45) is 5.10 Å². The molecular formula is C18H15N3O2. The normalized spacial score (nSPS) is 11.4. The molecule has 0 aliphatic rings. The number of fused-ring (bicyclic) bond motifs is 1. The first-order chi connectivity index (χ1) is 11.2. The van der Waals surface area contributed by atoms with E-state index in [9.17, 15) is 9.90 Å². The van der Waals surface area contributed by atoms with Crippen molar-refractivity contribution in [3.8, 4) is 5.75 Å². The fraction of sp³-hybridized carbons (Fsp3) is 0.0556. The van der Waals surface area contributed by atoms with Crippen LogP contribution in [0.1, 0.15) is 22.8 Å². The molecule has 0 radical (unpaired) electrons. The van der Waals surface area contributed by atoms with Gasteiger partial charge >= 0.3 is 0 Å². The first kappa shape index (κ1) is 14.7. The Kier molecular flexibility index (Phi) is 4.01. The van der Waals surface area contributed by atoms with Crippen molar-refractivity contribution in [1.29, 1.82) is 0 Å². The third-order valence-electron chi connectivity index (χ3n) is 3.54. The molecule has 23 heavy (non-hydrogen) atoms. The molecule has 2 N–H and O–H groups in total. The second-order valence-electron chi connectivity index (χ2n) is 5.06. The lowest BCUT2D eigenvalue weighted by atomic mass is 10.0. The summed E-state index contributed by atoms with van der Waals surface area (Å²) in [5.41, 5.74) is 3.99. The summed E-state index contributed by atoms with van der Waals surface area (Å²) in [6.07, 6.45) is 3.06. The molecule has 0 atom stereocenters. The van der Waals surface area contributed by atoms with E-state index >= 15 is 0 Å². The van der Waals surface area contributed by atoms with Gasteiger partial charge in [0.05, 0.1) is 11.3 Å². The first-order valence-corrected chi connectivity index (χ1v) is 7.12. The van der Waals surface area contributed by atoms with Gasteiger partial charge in [0, 0.05) is 23.3 Å². The first-order valence-electron chi connectivity index (χ1n) is 7.12. The van der Waals surface area contributed by atoms with Gasteiger partial charge in [-0.1, -0.05) is 30.3 Å². The summed E-state index contributed by atoms with van der Waals surface area (Å²) in [5.74, 6) is -0.197. The molecule has 1 aromatic heterocycles. The highest BCUT2D eigenvalue weighted by Gasteiger charge is 2.10. The maximum atomic E-state index is 12.0. The highest BCUT2D eigenvalue weighted by molar-refractivity contribution is 6.07. The molecule has 1 amide bonds. The van der Waals surface area contributed by atoms with Crippen LogP contribution in [0.15, 0.2) is 66.0 Å². The Morgan fingerprint density at radius 3 is 2.74 bits per heavy atom. The molecule has 0 aliphatic heterocycles. The highest BCUT2D eigenvalue weighted by atomic mass is 16.3. The van der Waals surface area contributed by atoms with Crippen LogP contribution < -0.4 is 5.43 Å². The van der Waals surface area contributed by atoms with Crippen LogP contribution in [0.25, 0.3) is 10.8 Å². The van der Waals surface area contributed by atoms with Gasteiger partial charge in [-0.3, -0.25) is 9.78 Å². The van der Waals surface area contributed by atoms with E-state index in [2.05, 4.69) is 15.5 Å². The second kappa shape index (κ2) is 6.27. The minimum atomic E-state index is -0.349. The van der Waals surface area contributed by atoms with Crippen LogP contribution in [0.2, 0.25) is 0 Å². The predicted molar refractivity (Wildman–Crippen MR) is 89.5 cm³/mol. The number of rotatable bonds is 3. The Bertz CT molecular complexity index is 889. The number of phenols is 1. The minimum absolute atomic E-state index is 0.153. The standard InChI is InChI=1S/C18H15N3O2/c1-12(20-21-18(23)14-6-4-10-19-11-14)15-9-8-13-5-2-3-7-16(13)17(15)22/h2-11,22H,1H3,(H,21,23). The van der Waals surface area contributed by atoms with Crippen LogP contribution in [-0.2, 0) is 0 Å². The molecule has 0 spiro atoms. The SMILES string of the molecule is CC(=NNC(=O)c1cccnc1)c1ccc2ccccc2c1O. The molecule has 0 saturated heterocycles. The number of benzene rings is 2. The van der Waals surface area contributed by atoms with Crippen LogP contribution in [0.3, 0.4) is 0 Å². The molecule has 0 bridgehead atoms. The molecule has 0 saturated carbocycles. The number of nitrogens with one attached hydrogen (secondary N) is 1. The molecule has 3 aromatic rings. The van der Waals surface area contributed by atoms with Crippen LogP contribution in [0.5, 0.6) is 5.75 Å². The molecule has 5 heteroatoms. The lowest BCUT2D eigenvalue weighted by Gasteiger charge is -2.08. The fourth-order valence-electron chi connectivity index (χ4n) is 2.30. The van der Waals surface area contributed by atoms with E-state index in [0.717, 1.165) is 10.8 Å². The topological polar surface area (TPSA) is 74.6 Å². The highest BCUT2D eigenvalue weighted by Crippen LogP contribution is 2.28. The zero-order valence-electron chi connectivity index (χ0n) is 12.5. The van der Waals surface area contributed by atoms with Gasteiger partial charge in [0.2, 0.25) is 0 Å². The third kappa shape index (κ3) is 3.03. The maximum Gasteiger partial charge on any atom is 0.272 e. The number of carbonyl (C=O) groups is 1. The average Bonchev–Trinajstić information content (AvgIpc) is 2.60. The third-order valence-corrected chi connectivity index (χ3v) is 3.54. The van der Waals surface area contributed by atoms with Crippen molar-refractivity contribution in [3.05, 3.63) is 72.1 Å². The summed E-state index contributed by atoms with van der Waals surface area (Å²) in [7, 11) is 0. The zero-order valence-corrected chi connectivity index (χ0v) is 12.5. The van der Waals surface area contributed by atoms with Crippen LogP contribution >= 0.6 is 0 Å². The van der Waals surface area contributed by atoms with Gasteiger partial charge < -0.3 is 5.11 Å². The average molecular weight is 305 g/mol. The van der Waals surface area contributed by atoms with Gasteiger partial charge in [0.1, 0.15) is 5.75 Å². The Morgan fingerprint density at radius 2 is 1.96 bits per heavy atom. The molecule has 0 aliphatic carbocycles. The van der Waals surface area contributed by atoms with E-state index in [4.69, 9.17) is 0 Å². The summed E-state index contributed by atoms with van der Waals surface area (Å²) >= 11 is 0. The van der Waals surface area contributed by atoms with E-state index in [1.807, 2.05) is 30.3 Å². The summed E-state index contributed by atoms with van der Waals surface area (Å²) in [6, 6.07) is 14.6.